The van der Waals surface area contributed by atoms with Crippen LogP contribution in [0.2, 0.25) is 5.02 Å². The quantitative estimate of drug-likeness (QED) is 0.318. The molecule has 4 rings (SSSR count). The Hall–Kier alpha value is -2.81. The number of carbonyl (C=O) groups is 1. The molecule has 0 radical (unpaired) electrons. The lowest BCUT2D eigenvalue weighted by atomic mass is 10.2. The summed E-state index contributed by atoms with van der Waals surface area (Å²) in [7, 11) is 0. The molecule has 3 aromatic carbocycles. The number of aromatic nitrogens is 3. The van der Waals surface area contributed by atoms with E-state index in [1.165, 1.54) is 11.8 Å². The molecular formula is C22H16BrClN4O2S. The van der Waals surface area contributed by atoms with Gasteiger partial charge in [-0.2, -0.15) is 0 Å². The van der Waals surface area contributed by atoms with Crippen LogP contribution in [0.4, 0.5) is 5.69 Å². The second kappa shape index (κ2) is 9.55. The van der Waals surface area contributed by atoms with Gasteiger partial charge < -0.3 is 10.4 Å². The SMILES string of the molecule is O=C(CSc1nnc(-c2ccccc2O)n1-c1ccccc1)Nc1ccc(Br)cc1Cl. The molecular weight excluding hydrogens is 500 g/mol. The summed E-state index contributed by atoms with van der Waals surface area (Å²) in [5.41, 5.74) is 1.91. The number of halogens is 2. The predicted octanol–water partition coefficient (Wildman–Crippen LogP) is 5.79. The van der Waals surface area contributed by atoms with Gasteiger partial charge in [0.1, 0.15) is 5.75 Å². The van der Waals surface area contributed by atoms with Crippen molar-refractivity contribution < 1.29 is 9.90 Å². The molecule has 0 saturated heterocycles. The highest BCUT2D eigenvalue weighted by atomic mass is 79.9. The van der Waals surface area contributed by atoms with Crippen LogP contribution in [0, 0.1) is 0 Å². The molecule has 0 bridgehead atoms. The van der Waals surface area contributed by atoms with E-state index < -0.39 is 0 Å². The summed E-state index contributed by atoms with van der Waals surface area (Å²) in [6, 6.07) is 21.7. The molecule has 1 heterocycles. The fraction of sp³-hybridized carbons (Fsp3) is 0.0455. The Balaban J connectivity index is 1.60. The van der Waals surface area contributed by atoms with Gasteiger partial charge in [-0.05, 0) is 42.5 Å². The van der Waals surface area contributed by atoms with Crippen molar-refractivity contribution in [2.75, 3.05) is 11.1 Å². The lowest BCUT2D eigenvalue weighted by Gasteiger charge is -2.11. The van der Waals surface area contributed by atoms with E-state index in [0.717, 1.165) is 10.2 Å². The molecule has 156 valence electrons. The molecule has 0 fully saturated rings. The van der Waals surface area contributed by atoms with Crippen LogP contribution in [-0.4, -0.2) is 31.5 Å². The Morgan fingerprint density at radius 2 is 1.81 bits per heavy atom. The standard InChI is InChI=1S/C22H16BrClN4O2S/c23-14-10-11-18(17(24)12-14)25-20(30)13-31-22-27-26-21(16-8-4-5-9-19(16)29)28(22)15-6-2-1-3-7-15/h1-12,29H,13H2,(H,25,30). The minimum atomic E-state index is -0.221. The number of phenols is 1. The fourth-order valence-corrected chi connectivity index (χ4v) is 4.39. The van der Waals surface area contributed by atoms with E-state index in [1.807, 2.05) is 41.0 Å². The van der Waals surface area contributed by atoms with Gasteiger partial charge >= 0.3 is 0 Å². The van der Waals surface area contributed by atoms with Crippen molar-refractivity contribution in [1.82, 2.24) is 14.8 Å². The third-order valence-corrected chi connectivity index (χ3v) is 6.07. The molecule has 0 aliphatic rings. The van der Waals surface area contributed by atoms with Gasteiger partial charge in [-0.15, -0.1) is 10.2 Å². The van der Waals surface area contributed by atoms with Gasteiger partial charge in [-0.1, -0.05) is 69.6 Å². The van der Waals surface area contributed by atoms with Gasteiger partial charge in [0.05, 0.1) is 22.0 Å². The number of para-hydroxylation sites is 2. The van der Waals surface area contributed by atoms with Crippen LogP contribution >= 0.6 is 39.3 Å². The molecule has 0 saturated carbocycles. The molecule has 1 aromatic heterocycles. The molecule has 6 nitrogen and oxygen atoms in total. The molecule has 31 heavy (non-hydrogen) atoms. The smallest absolute Gasteiger partial charge is 0.234 e. The predicted molar refractivity (Wildman–Crippen MR) is 127 cm³/mol. The first-order valence-corrected chi connectivity index (χ1v) is 11.4. The number of nitrogens with one attached hydrogen (secondary N) is 1. The summed E-state index contributed by atoms with van der Waals surface area (Å²) >= 11 is 10.8. The third kappa shape index (κ3) is 4.92. The van der Waals surface area contributed by atoms with Crippen LogP contribution in [0.5, 0.6) is 5.75 Å². The third-order valence-electron chi connectivity index (χ3n) is 4.33. The van der Waals surface area contributed by atoms with E-state index in [-0.39, 0.29) is 17.4 Å². The molecule has 9 heteroatoms. The maximum absolute atomic E-state index is 12.5. The van der Waals surface area contributed by atoms with Crippen molar-refractivity contribution in [2.24, 2.45) is 0 Å². The monoisotopic (exact) mass is 514 g/mol. The molecule has 0 unspecified atom stereocenters. The van der Waals surface area contributed by atoms with Crippen LogP contribution in [0.25, 0.3) is 17.1 Å². The van der Waals surface area contributed by atoms with Crippen molar-refractivity contribution in [2.45, 2.75) is 5.16 Å². The van der Waals surface area contributed by atoms with Gasteiger partial charge in [0.2, 0.25) is 5.91 Å². The average Bonchev–Trinajstić information content (AvgIpc) is 3.19. The van der Waals surface area contributed by atoms with Gasteiger partial charge in [-0.25, -0.2) is 0 Å². The summed E-state index contributed by atoms with van der Waals surface area (Å²) in [5.74, 6) is 0.480. The maximum atomic E-state index is 12.5. The number of aromatic hydroxyl groups is 1. The number of hydrogen-bond donors (Lipinski definition) is 2. The van der Waals surface area contributed by atoms with Gasteiger partial charge in [0, 0.05) is 10.2 Å². The van der Waals surface area contributed by atoms with Crippen molar-refractivity contribution in [3.8, 4) is 22.8 Å². The first-order valence-electron chi connectivity index (χ1n) is 9.20. The van der Waals surface area contributed by atoms with E-state index >= 15 is 0 Å². The normalized spacial score (nSPS) is 10.8. The fourth-order valence-electron chi connectivity index (χ4n) is 2.92. The van der Waals surface area contributed by atoms with Gasteiger partial charge in [0.15, 0.2) is 11.0 Å². The Labute approximate surface area is 196 Å². The molecule has 2 N–H and O–H groups in total. The van der Waals surface area contributed by atoms with Crippen molar-refractivity contribution >= 4 is 50.9 Å². The number of amides is 1. The zero-order chi connectivity index (χ0) is 21.8. The van der Waals surface area contributed by atoms with E-state index in [2.05, 4.69) is 31.4 Å². The Bertz CT molecular complexity index is 1230. The molecule has 0 aliphatic carbocycles. The lowest BCUT2D eigenvalue weighted by molar-refractivity contribution is -0.113. The van der Waals surface area contributed by atoms with E-state index in [1.54, 1.807) is 36.4 Å². The summed E-state index contributed by atoms with van der Waals surface area (Å²) in [5, 5.41) is 22.6. The Kier molecular flexibility index (Phi) is 6.60. The second-order valence-corrected chi connectivity index (χ2v) is 8.72. The minimum absolute atomic E-state index is 0.103. The zero-order valence-corrected chi connectivity index (χ0v) is 19.2. The van der Waals surface area contributed by atoms with Gasteiger partial charge in [-0.3, -0.25) is 9.36 Å². The highest BCUT2D eigenvalue weighted by Gasteiger charge is 2.19. The first kappa shape index (κ1) is 21.4. The van der Waals surface area contributed by atoms with Crippen molar-refractivity contribution in [3.63, 3.8) is 0 Å². The molecule has 1 amide bonds. The van der Waals surface area contributed by atoms with Crippen molar-refractivity contribution in [3.05, 3.63) is 82.3 Å². The second-order valence-electron chi connectivity index (χ2n) is 6.46. The summed E-state index contributed by atoms with van der Waals surface area (Å²) in [4.78, 5) is 12.5. The van der Waals surface area contributed by atoms with Crippen molar-refractivity contribution in [1.29, 1.82) is 0 Å². The highest BCUT2D eigenvalue weighted by molar-refractivity contribution is 9.10. The topological polar surface area (TPSA) is 80.0 Å². The molecule has 0 aliphatic heterocycles. The minimum Gasteiger partial charge on any atom is -0.507 e. The summed E-state index contributed by atoms with van der Waals surface area (Å²) in [6.45, 7) is 0. The van der Waals surface area contributed by atoms with Crippen LogP contribution in [0.15, 0.2) is 82.4 Å². The first-order chi connectivity index (χ1) is 15.0. The Morgan fingerprint density at radius 1 is 1.06 bits per heavy atom. The number of benzene rings is 3. The van der Waals surface area contributed by atoms with E-state index in [4.69, 9.17) is 11.6 Å². The number of phenolic OH excluding ortho intramolecular Hbond substituents is 1. The average molecular weight is 516 g/mol. The number of carbonyl (C=O) groups excluding carboxylic acids is 1. The number of rotatable bonds is 6. The molecule has 4 aromatic rings. The van der Waals surface area contributed by atoms with Crippen LogP contribution < -0.4 is 5.32 Å². The van der Waals surface area contributed by atoms with Crippen LogP contribution in [-0.2, 0) is 4.79 Å². The van der Waals surface area contributed by atoms with E-state index in [0.29, 0.717) is 27.3 Å². The number of hydrogen-bond acceptors (Lipinski definition) is 5. The summed E-state index contributed by atoms with van der Waals surface area (Å²) in [6.07, 6.45) is 0. The largest absolute Gasteiger partial charge is 0.507 e. The maximum Gasteiger partial charge on any atom is 0.234 e. The highest BCUT2D eigenvalue weighted by Crippen LogP contribution is 2.33. The number of thioether (sulfide) groups is 1. The number of nitrogens with zero attached hydrogens (tertiary/aromatic N) is 3. The number of anilines is 1. The molecule has 0 spiro atoms. The summed E-state index contributed by atoms with van der Waals surface area (Å²) < 4.78 is 2.65. The van der Waals surface area contributed by atoms with Crippen LogP contribution in [0.1, 0.15) is 0 Å². The van der Waals surface area contributed by atoms with Crippen LogP contribution in [0.3, 0.4) is 0 Å². The Morgan fingerprint density at radius 3 is 2.55 bits per heavy atom. The lowest BCUT2D eigenvalue weighted by Crippen LogP contribution is -2.15. The van der Waals surface area contributed by atoms with Gasteiger partial charge in [0.25, 0.3) is 0 Å². The molecule has 0 atom stereocenters. The van der Waals surface area contributed by atoms with E-state index in [9.17, 15) is 9.90 Å². The zero-order valence-electron chi connectivity index (χ0n) is 16.0.